The van der Waals surface area contributed by atoms with Crippen LogP contribution in [0.1, 0.15) is 16.7 Å². The van der Waals surface area contributed by atoms with E-state index < -0.39 is 12.0 Å². The Hall–Kier alpha value is -3.48. The zero-order valence-corrected chi connectivity index (χ0v) is 15.6. The highest BCUT2D eigenvalue weighted by Crippen LogP contribution is 2.31. The first-order chi connectivity index (χ1) is 13.5. The highest BCUT2D eigenvalue weighted by atomic mass is 16.6. The molecule has 7 nitrogen and oxygen atoms in total. The second kappa shape index (κ2) is 7.26. The molecule has 0 fully saturated rings. The number of nitrogens with one attached hydrogen (secondary N) is 2. The quantitative estimate of drug-likeness (QED) is 0.682. The molecule has 0 spiro atoms. The Labute approximate surface area is 161 Å². The Bertz CT molecular complexity index is 1060. The standard InChI is InChI=1S/C21H20N2O5/c1-12-7-8-15-14(10-27-20(15)13(12)2)9-19(24)22-23-21(25)18-11-26-16-5-3-4-6-17(16)28-18/h3-8,10,18H,9,11H2,1-2H3,(H,22,24)(H,23,25). The molecule has 7 heteroatoms. The molecule has 0 radical (unpaired) electrons. The lowest BCUT2D eigenvalue weighted by atomic mass is 10.0. The van der Waals surface area contributed by atoms with Gasteiger partial charge in [0.15, 0.2) is 11.5 Å². The fourth-order valence-electron chi connectivity index (χ4n) is 3.10. The van der Waals surface area contributed by atoms with Gasteiger partial charge >= 0.3 is 0 Å². The third-order valence-corrected chi connectivity index (χ3v) is 4.82. The zero-order valence-electron chi connectivity index (χ0n) is 15.6. The van der Waals surface area contributed by atoms with E-state index in [0.29, 0.717) is 11.5 Å². The lowest BCUT2D eigenvalue weighted by Gasteiger charge is -2.25. The van der Waals surface area contributed by atoms with E-state index >= 15 is 0 Å². The van der Waals surface area contributed by atoms with Gasteiger partial charge in [0.25, 0.3) is 5.91 Å². The van der Waals surface area contributed by atoms with Crippen molar-refractivity contribution >= 4 is 22.8 Å². The summed E-state index contributed by atoms with van der Waals surface area (Å²) in [4.78, 5) is 24.5. The summed E-state index contributed by atoms with van der Waals surface area (Å²) in [6.45, 7) is 4.06. The molecule has 2 heterocycles. The van der Waals surface area contributed by atoms with Crippen LogP contribution in [0, 0.1) is 13.8 Å². The van der Waals surface area contributed by atoms with Crippen LogP contribution in [0.25, 0.3) is 11.0 Å². The van der Waals surface area contributed by atoms with E-state index in [-0.39, 0.29) is 18.9 Å². The number of hydrogen-bond acceptors (Lipinski definition) is 5. The molecule has 2 amide bonds. The summed E-state index contributed by atoms with van der Waals surface area (Å²) >= 11 is 0. The summed E-state index contributed by atoms with van der Waals surface area (Å²) < 4.78 is 16.7. The molecule has 1 aliphatic heterocycles. The minimum atomic E-state index is -0.837. The number of para-hydroxylation sites is 2. The molecule has 0 bridgehead atoms. The molecule has 3 aromatic rings. The number of furan rings is 1. The largest absolute Gasteiger partial charge is 0.485 e. The number of carbonyl (C=O) groups excluding carboxylic acids is 2. The maximum absolute atomic E-state index is 12.3. The van der Waals surface area contributed by atoms with Gasteiger partial charge in [-0.05, 0) is 37.1 Å². The Morgan fingerprint density at radius 1 is 1.07 bits per heavy atom. The third-order valence-electron chi connectivity index (χ3n) is 4.82. The molecular formula is C21H20N2O5. The molecule has 0 aliphatic carbocycles. The van der Waals surface area contributed by atoms with Gasteiger partial charge in [-0.1, -0.05) is 24.3 Å². The van der Waals surface area contributed by atoms with Gasteiger partial charge in [0.05, 0.1) is 12.7 Å². The number of fused-ring (bicyclic) bond motifs is 2. The second-order valence-corrected chi connectivity index (χ2v) is 6.72. The predicted molar refractivity (Wildman–Crippen MR) is 102 cm³/mol. The average molecular weight is 380 g/mol. The maximum atomic E-state index is 12.3. The van der Waals surface area contributed by atoms with Crippen LogP contribution in [0.15, 0.2) is 47.1 Å². The van der Waals surface area contributed by atoms with Gasteiger partial charge in [0.1, 0.15) is 12.2 Å². The van der Waals surface area contributed by atoms with E-state index in [1.165, 1.54) is 0 Å². The number of aryl methyl sites for hydroxylation is 2. The summed E-state index contributed by atoms with van der Waals surface area (Å²) in [5.41, 5.74) is 8.52. The zero-order chi connectivity index (χ0) is 19.7. The number of carbonyl (C=O) groups is 2. The van der Waals surface area contributed by atoms with Crippen molar-refractivity contribution in [3.05, 3.63) is 59.4 Å². The summed E-state index contributed by atoms with van der Waals surface area (Å²) in [5.74, 6) is 0.251. The van der Waals surface area contributed by atoms with Crippen molar-refractivity contribution in [1.82, 2.24) is 10.9 Å². The molecule has 0 saturated heterocycles. The van der Waals surface area contributed by atoms with Crippen molar-refractivity contribution in [3.8, 4) is 11.5 Å². The van der Waals surface area contributed by atoms with E-state index in [0.717, 1.165) is 27.7 Å². The maximum Gasteiger partial charge on any atom is 0.283 e. The lowest BCUT2D eigenvalue weighted by molar-refractivity contribution is -0.134. The van der Waals surface area contributed by atoms with Crippen LogP contribution < -0.4 is 20.3 Å². The van der Waals surface area contributed by atoms with E-state index in [9.17, 15) is 9.59 Å². The van der Waals surface area contributed by atoms with Crippen LogP contribution in [0.3, 0.4) is 0 Å². The molecule has 1 aromatic heterocycles. The minimum Gasteiger partial charge on any atom is -0.485 e. The van der Waals surface area contributed by atoms with Crippen molar-refractivity contribution in [1.29, 1.82) is 0 Å². The average Bonchev–Trinajstić information content (AvgIpc) is 3.11. The lowest BCUT2D eigenvalue weighted by Crippen LogP contribution is -2.51. The number of hydrazine groups is 1. The molecule has 1 aliphatic rings. The van der Waals surface area contributed by atoms with Crippen LogP contribution in [0.5, 0.6) is 11.5 Å². The molecule has 4 rings (SSSR count). The van der Waals surface area contributed by atoms with Gasteiger partial charge in [-0.25, -0.2) is 0 Å². The van der Waals surface area contributed by atoms with E-state index in [4.69, 9.17) is 13.9 Å². The van der Waals surface area contributed by atoms with Gasteiger partial charge in [-0.2, -0.15) is 0 Å². The normalized spacial score (nSPS) is 15.3. The van der Waals surface area contributed by atoms with Gasteiger partial charge < -0.3 is 13.9 Å². The fourth-order valence-corrected chi connectivity index (χ4v) is 3.10. The number of amides is 2. The molecule has 144 valence electrons. The third kappa shape index (κ3) is 3.38. The Morgan fingerprint density at radius 2 is 1.86 bits per heavy atom. The first-order valence-corrected chi connectivity index (χ1v) is 8.96. The molecule has 1 atom stereocenters. The first kappa shape index (κ1) is 17.9. The molecule has 0 saturated carbocycles. The Morgan fingerprint density at radius 3 is 2.68 bits per heavy atom. The van der Waals surface area contributed by atoms with Gasteiger partial charge in [-0.15, -0.1) is 0 Å². The molecule has 28 heavy (non-hydrogen) atoms. The number of ether oxygens (including phenoxy) is 2. The monoisotopic (exact) mass is 380 g/mol. The SMILES string of the molecule is Cc1ccc2c(CC(=O)NNC(=O)C3COc4ccccc4O3)coc2c1C. The number of benzene rings is 2. The van der Waals surface area contributed by atoms with Crippen molar-refractivity contribution < 1.29 is 23.5 Å². The van der Waals surface area contributed by atoms with Gasteiger partial charge in [0, 0.05) is 10.9 Å². The van der Waals surface area contributed by atoms with Gasteiger partial charge in [0.2, 0.25) is 12.0 Å². The van der Waals surface area contributed by atoms with Crippen LogP contribution in [0.4, 0.5) is 0 Å². The molecule has 2 N–H and O–H groups in total. The van der Waals surface area contributed by atoms with Crippen LogP contribution >= 0.6 is 0 Å². The molecule has 2 aromatic carbocycles. The number of rotatable bonds is 3. The smallest absolute Gasteiger partial charge is 0.283 e. The van der Waals surface area contributed by atoms with Crippen molar-refractivity contribution in [2.75, 3.05) is 6.61 Å². The Balaban J connectivity index is 1.35. The van der Waals surface area contributed by atoms with Crippen molar-refractivity contribution in [2.24, 2.45) is 0 Å². The summed E-state index contributed by atoms with van der Waals surface area (Å²) in [7, 11) is 0. The Kier molecular flexibility index (Phi) is 4.65. The van der Waals surface area contributed by atoms with Crippen molar-refractivity contribution in [2.45, 2.75) is 26.4 Å². The second-order valence-electron chi connectivity index (χ2n) is 6.72. The van der Waals surface area contributed by atoms with Gasteiger partial charge in [-0.3, -0.25) is 20.4 Å². The predicted octanol–water partition coefficient (Wildman–Crippen LogP) is 2.58. The van der Waals surface area contributed by atoms with Crippen molar-refractivity contribution in [3.63, 3.8) is 0 Å². The molecular weight excluding hydrogens is 360 g/mol. The highest BCUT2D eigenvalue weighted by molar-refractivity contribution is 5.91. The molecule has 1 unspecified atom stereocenters. The van der Waals surface area contributed by atoms with E-state index in [2.05, 4.69) is 10.9 Å². The summed E-state index contributed by atoms with van der Waals surface area (Å²) in [6.07, 6.45) is 0.823. The topological polar surface area (TPSA) is 89.8 Å². The summed E-state index contributed by atoms with van der Waals surface area (Å²) in [6, 6.07) is 11.0. The van der Waals surface area contributed by atoms with Crippen LogP contribution in [-0.2, 0) is 16.0 Å². The highest BCUT2D eigenvalue weighted by Gasteiger charge is 2.27. The minimum absolute atomic E-state index is 0.0731. The van der Waals surface area contributed by atoms with E-state index in [1.807, 2.05) is 32.0 Å². The first-order valence-electron chi connectivity index (χ1n) is 8.96. The number of hydrogen-bond donors (Lipinski definition) is 2. The van der Waals surface area contributed by atoms with Crippen LogP contribution in [0.2, 0.25) is 0 Å². The summed E-state index contributed by atoms with van der Waals surface area (Å²) in [5, 5.41) is 0.894. The van der Waals surface area contributed by atoms with E-state index in [1.54, 1.807) is 24.5 Å². The van der Waals surface area contributed by atoms with Crippen LogP contribution in [-0.4, -0.2) is 24.5 Å². The fraction of sp³-hybridized carbons (Fsp3) is 0.238.